The van der Waals surface area contributed by atoms with Gasteiger partial charge in [0.25, 0.3) is 5.91 Å². The predicted molar refractivity (Wildman–Crippen MR) is 139 cm³/mol. The highest BCUT2D eigenvalue weighted by molar-refractivity contribution is 6.37. The number of likely N-dealkylation sites (tertiary alicyclic amines) is 1. The number of rotatable bonds is 8. The molecule has 0 radical (unpaired) electrons. The lowest BCUT2D eigenvalue weighted by Crippen LogP contribution is -2.62. The second kappa shape index (κ2) is 9.79. The molecule has 0 spiro atoms. The summed E-state index contributed by atoms with van der Waals surface area (Å²) in [4.78, 5) is 65.9. The molecule has 0 bridgehead atoms. The first kappa shape index (κ1) is 29.8. The smallest absolute Gasteiger partial charge is 0.315 e. The summed E-state index contributed by atoms with van der Waals surface area (Å²) in [5, 5.41) is 8.15. The fourth-order valence-corrected chi connectivity index (χ4v) is 5.90. The van der Waals surface area contributed by atoms with Crippen molar-refractivity contribution in [1.82, 2.24) is 20.9 Å². The molecule has 1 aliphatic heterocycles. The number of Topliss-reactive ketones (excluding diaryl/α,β-unsaturated/α-hetero) is 1. The van der Waals surface area contributed by atoms with Crippen molar-refractivity contribution in [3.8, 4) is 0 Å². The van der Waals surface area contributed by atoms with Crippen LogP contribution in [-0.4, -0.2) is 70.3 Å². The number of fused-ring (bicyclic) bond motifs is 1. The number of primary amides is 1. The van der Waals surface area contributed by atoms with Crippen LogP contribution in [-0.2, 0) is 19.2 Å². The molecule has 1 heterocycles. The van der Waals surface area contributed by atoms with Crippen molar-refractivity contribution in [1.29, 1.82) is 0 Å². The summed E-state index contributed by atoms with van der Waals surface area (Å²) < 4.78 is 14.9. The van der Waals surface area contributed by atoms with Gasteiger partial charge in [-0.15, -0.1) is 0 Å². The Morgan fingerprint density at radius 1 is 1.03 bits per heavy atom. The number of ketones is 1. The van der Waals surface area contributed by atoms with Gasteiger partial charge in [-0.05, 0) is 62.7 Å². The molecule has 10 nitrogen and oxygen atoms in total. The van der Waals surface area contributed by atoms with E-state index in [9.17, 15) is 28.4 Å². The van der Waals surface area contributed by atoms with E-state index in [1.165, 1.54) is 4.90 Å². The third-order valence-electron chi connectivity index (χ3n) is 8.33. The SMILES string of the molecule is CC(C)(C)NC(=O)N[C@H](C(=O)N1C[C@H]2[C@@H](C1C(=O)NC(CC1(F)CCC1)C(=O)C(N)=O)C2(C)C)C(C)(C)C. The van der Waals surface area contributed by atoms with E-state index in [4.69, 9.17) is 5.73 Å². The lowest BCUT2D eigenvalue weighted by atomic mass is 9.77. The van der Waals surface area contributed by atoms with E-state index < -0.39 is 64.3 Å². The first-order valence-electron chi connectivity index (χ1n) is 13.4. The van der Waals surface area contributed by atoms with Crippen LogP contribution in [0, 0.1) is 22.7 Å². The minimum Gasteiger partial charge on any atom is -0.363 e. The number of nitrogens with one attached hydrogen (secondary N) is 3. The molecule has 3 rings (SSSR count). The highest BCUT2D eigenvalue weighted by atomic mass is 19.1. The maximum atomic E-state index is 14.9. The molecule has 2 saturated carbocycles. The van der Waals surface area contributed by atoms with Crippen molar-refractivity contribution in [3.05, 3.63) is 0 Å². The predicted octanol–water partition coefficient (Wildman–Crippen LogP) is 1.80. The van der Waals surface area contributed by atoms with Gasteiger partial charge in [-0.2, -0.15) is 0 Å². The van der Waals surface area contributed by atoms with Crippen LogP contribution in [0.5, 0.6) is 0 Å². The second-order valence-electron chi connectivity index (χ2n) is 14.0. The number of piperidine rings is 1. The van der Waals surface area contributed by atoms with Crippen LogP contribution in [0.3, 0.4) is 0 Å². The van der Waals surface area contributed by atoms with E-state index in [0.29, 0.717) is 13.0 Å². The van der Waals surface area contributed by atoms with Crippen molar-refractivity contribution >= 4 is 29.5 Å². The molecule has 2 unspecified atom stereocenters. The normalized spacial score (nSPS) is 26.8. The van der Waals surface area contributed by atoms with Crippen molar-refractivity contribution in [3.63, 3.8) is 0 Å². The summed E-state index contributed by atoms with van der Waals surface area (Å²) in [6.07, 6.45) is 0.812. The van der Waals surface area contributed by atoms with Crippen LogP contribution in [0.15, 0.2) is 0 Å². The standard InChI is InChI=1S/C27H44FN5O5/c1-24(2,3)19(31-23(38)32-25(4,5)6)22(37)33-13-14-16(26(14,7)8)17(33)21(36)30-15(18(34)20(29)35)12-27(28)10-9-11-27/h14-17,19H,9-13H2,1-8H3,(H2,29,35)(H,30,36)(H2,31,32,38)/t14-,15?,16-,17?,19+/m0/s1. The van der Waals surface area contributed by atoms with Gasteiger partial charge in [-0.1, -0.05) is 34.6 Å². The van der Waals surface area contributed by atoms with Crippen molar-refractivity contribution in [2.45, 2.75) is 110 Å². The molecule has 38 heavy (non-hydrogen) atoms. The van der Waals surface area contributed by atoms with Gasteiger partial charge in [-0.3, -0.25) is 19.2 Å². The zero-order valence-corrected chi connectivity index (χ0v) is 23.9. The fraction of sp³-hybridized carbons (Fsp3) is 0.815. The number of urea groups is 1. The first-order valence-corrected chi connectivity index (χ1v) is 13.4. The Morgan fingerprint density at radius 3 is 2.05 bits per heavy atom. The molecule has 0 aromatic carbocycles. The Kier molecular flexibility index (Phi) is 7.68. The summed E-state index contributed by atoms with van der Waals surface area (Å²) in [5.74, 6) is -3.46. The van der Waals surface area contributed by atoms with E-state index in [0.717, 1.165) is 0 Å². The molecule has 11 heteroatoms. The molecule has 5 amide bonds. The molecule has 2 aliphatic carbocycles. The lowest BCUT2D eigenvalue weighted by Gasteiger charge is -2.39. The maximum absolute atomic E-state index is 14.9. The Bertz CT molecular complexity index is 1010. The summed E-state index contributed by atoms with van der Waals surface area (Å²) >= 11 is 0. The molecule has 1 saturated heterocycles. The van der Waals surface area contributed by atoms with Crippen LogP contribution in [0.4, 0.5) is 9.18 Å². The monoisotopic (exact) mass is 537 g/mol. The number of alkyl halides is 1. The Balaban J connectivity index is 1.85. The molecule has 3 aliphatic rings. The lowest BCUT2D eigenvalue weighted by molar-refractivity contribution is -0.145. The Morgan fingerprint density at radius 2 is 1.61 bits per heavy atom. The van der Waals surface area contributed by atoms with Gasteiger partial charge >= 0.3 is 6.03 Å². The number of carbonyl (C=O) groups is 5. The Hall–Kier alpha value is -2.72. The van der Waals surface area contributed by atoms with Gasteiger partial charge < -0.3 is 26.6 Å². The van der Waals surface area contributed by atoms with Gasteiger partial charge in [-0.25, -0.2) is 9.18 Å². The minimum absolute atomic E-state index is 0.0515. The fourth-order valence-electron chi connectivity index (χ4n) is 5.90. The number of hydrogen-bond acceptors (Lipinski definition) is 5. The molecule has 214 valence electrons. The van der Waals surface area contributed by atoms with E-state index >= 15 is 0 Å². The van der Waals surface area contributed by atoms with Crippen LogP contribution in [0.25, 0.3) is 0 Å². The van der Waals surface area contributed by atoms with Crippen molar-refractivity contribution in [2.75, 3.05) is 6.54 Å². The molecule has 5 N–H and O–H groups in total. The average Bonchev–Trinajstić information content (AvgIpc) is 3.07. The van der Waals surface area contributed by atoms with Gasteiger partial charge in [0.2, 0.25) is 17.6 Å². The third-order valence-corrected chi connectivity index (χ3v) is 8.33. The van der Waals surface area contributed by atoms with Crippen LogP contribution >= 0.6 is 0 Å². The number of halogens is 1. The molecule has 0 aromatic heterocycles. The Labute approximate surface area is 224 Å². The maximum Gasteiger partial charge on any atom is 0.315 e. The third kappa shape index (κ3) is 6.12. The molecule has 5 atom stereocenters. The van der Waals surface area contributed by atoms with Crippen molar-refractivity contribution < 1.29 is 28.4 Å². The van der Waals surface area contributed by atoms with Gasteiger partial charge in [0.1, 0.15) is 23.8 Å². The summed E-state index contributed by atoms with van der Waals surface area (Å²) in [5.41, 5.74) is 2.15. The van der Waals surface area contributed by atoms with Crippen molar-refractivity contribution in [2.24, 2.45) is 28.4 Å². The molecule has 0 aromatic rings. The highest BCUT2D eigenvalue weighted by Crippen LogP contribution is 2.65. The van der Waals surface area contributed by atoms with E-state index in [1.54, 1.807) is 0 Å². The summed E-state index contributed by atoms with van der Waals surface area (Å²) in [6.45, 7) is 15.3. The topological polar surface area (TPSA) is 151 Å². The van der Waals surface area contributed by atoms with Gasteiger partial charge in [0.05, 0.1) is 0 Å². The summed E-state index contributed by atoms with van der Waals surface area (Å²) in [6, 6.07) is -3.78. The number of nitrogens with two attached hydrogens (primary N) is 1. The van der Waals surface area contributed by atoms with Gasteiger partial charge in [0, 0.05) is 18.5 Å². The number of nitrogens with zero attached hydrogens (tertiary/aromatic N) is 1. The first-order chi connectivity index (χ1) is 17.2. The number of carbonyl (C=O) groups excluding carboxylic acids is 5. The second-order valence-corrected chi connectivity index (χ2v) is 14.0. The highest BCUT2D eigenvalue weighted by Gasteiger charge is 2.70. The number of hydrogen-bond donors (Lipinski definition) is 4. The van der Waals surface area contributed by atoms with Crippen LogP contribution in [0.1, 0.15) is 81.1 Å². The minimum atomic E-state index is -1.64. The van der Waals surface area contributed by atoms with E-state index in [2.05, 4.69) is 16.0 Å². The van der Waals surface area contributed by atoms with Crippen LogP contribution < -0.4 is 21.7 Å². The zero-order chi connectivity index (χ0) is 29.0. The quantitative estimate of drug-likeness (QED) is 0.348. The largest absolute Gasteiger partial charge is 0.363 e. The average molecular weight is 538 g/mol. The zero-order valence-electron chi connectivity index (χ0n) is 23.9. The molecular weight excluding hydrogens is 493 g/mol. The number of amides is 5. The van der Waals surface area contributed by atoms with E-state index in [-0.39, 0.29) is 36.5 Å². The van der Waals surface area contributed by atoms with Crippen LogP contribution in [0.2, 0.25) is 0 Å². The summed E-state index contributed by atoms with van der Waals surface area (Å²) in [7, 11) is 0. The molecule has 3 fully saturated rings. The van der Waals surface area contributed by atoms with E-state index in [1.807, 2.05) is 55.4 Å². The van der Waals surface area contributed by atoms with Gasteiger partial charge in [0.15, 0.2) is 0 Å². The molecular formula is C27H44FN5O5.